The maximum atomic E-state index is 14.0. The van der Waals surface area contributed by atoms with Gasteiger partial charge in [-0.05, 0) is 36.4 Å². The predicted octanol–water partition coefficient (Wildman–Crippen LogP) is 4.43. The van der Waals surface area contributed by atoms with Crippen LogP contribution in [0.3, 0.4) is 0 Å². The quantitative estimate of drug-likeness (QED) is 0.665. The van der Waals surface area contributed by atoms with Crippen molar-refractivity contribution in [2.24, 2.45) is 0 Å². The van der Waals surface area contributed by atoms with Gasteiger partial charge in [0.05, 0.1) is 10.6 Å². The Morgan fingerprint density at radius 1 is 1.24 bits per heavy atom. The number of hydrogen-bond acceptors (Lipinski definition) is 5. The molecule has 3 aromatic rings. The molecule has 0 bridgehead atoms. The maximum Gasteiger partial charge on any atom is 0.233 e. The fraction of sp³-hybridized carbons (Fsp3) is 0.0588. The second-order valence-electron chi connectivity index (χ2n) is 5.05. The molecular weight excluding hydrogens is 367 g/mol. The van der Waals surface area contributed by atoms with Crippen molar-refractivity contribution in [2.45, 2.75) is 4.90 Å². The average molecular weight is 379 g/mol. The number of oxazole rings is 1. The molecule has 5 nitrogen and oxygen atoms in total. The van der Waals surface area contributed by atoms with E-state index in [1.807, 2.05) is 0 Å². The van der Waals surface area contributed by atoms with E-state index in [2.05, 4.69) is 10.3 Å². The van der Waals surface area contributed by atoms with Crippen LogP contribution in [-0.2, 0) is 10.8 Å². The molecule has 0 amide bonds. The summed E-state index contributed by atoms with van der Waals surface area (Å²) < 4.78 is 30.9. The van der Waals surface area contributed by atoms with Crippen LogP contribution < -0.4 is 5.32 Å². The largest absolute Gasteiger partial charge is 0.419 e. The third-order valence-corrected chi connectivity index (χ3v) is 4.64. The Morgan fingerprint density at radius 3 is 2.56 bits per heavy atom. The SMILES string of the molecule is CS(=O)c1ccc(Nc2oc(-c3c(F)cccc3Cl)nc2C=O)cc1. The van der Waals surface area contributed by atoms with Crippen LogP contribution in [0.2, 0.25) is 5.02 Å². The monoisotopic (exact) mass is 378 g/mol. The molecule has 8 heteroatoms. The summed E-state index contributed by atoms with van der Waals surface area (Å²) in [5.41, 5.74) is 0.564. The molecule has 0 saturated carbocycles. The molecule has 1 atom stereocenters. The van der Waals surface area contributed by atoms with E-state index in [9.17, 15) is 13.4 Å². The molecule has 0 spiro atoms. The summed E-state index contributed by atoms with van der Waals surface area (Å²) in [5.74, 6) is -0.638. The maximum absolute atomic E-state index is 14.0. The fourth-order valence-corrected chi connectivity index (χ4v) is 2.93. The van der Waals surface area contributed by atoms with Gasteiger partial charge in [0, 0.05) is 27.6 Å². The number of nitrogens with one attached hydrogen (secondary N) is 1. The molecule has 0 radical (unpaired) electrons. The van der Waals surface area contributed by atoms with Crippen molar-refractivity contribution in [1.82, 2.24) is 4.98 Å². The number of aromatic nitrogens is 1. The van der Waals surface area contributed by atoms with Gasteiger partial charge >= 0.3 is 0 Å². The number of hydrogen-bond donors (Lipinski definition) is 1. The molecule has 0 fully saturated rings. The standard InChI is InChI=1S/C17H12ClFN2O3S/c1-25(23)11-7-5-10(6-8-11)20-16-14(9-22)21-17(24-16)15-12(18)3-2-4-13(15)19/h2-9,20H,1H3. The number of aldehydes is 1. The van der Waals surface area contributed by atoms with E-state index in [1.54, 1.807) is 30.5 Å². The fourth-order valence-electron chi connectivity index (χ4n) is 2.17. The van der Waals surface area contributed by atoms with Crippen LogP contribution in [0.15, 0.2) is 51.8 Å². The third-order valence-electron chi connectivity index (χ3n) is 3.39. The third kappa shape index (κ3) is 3.62. The molecule has 25 heavy (non-hydrogen) atoms. The van der Waals surface area contributed by atoms with E-state index in [1.165, 1.54) is 18.2 Å². The van der Waals surface area contributed by atoms with E-state index in [4.69, 9.17) is 16.0 Å². The number of nitrogens with zero attached hydrogens (tertiary/aromatic N) is 1. The minimum absolute atomic E-state index is 0.0162. The van der Waals surface area contributed by atoms with E-state index in [0.717, 1.165) is 0 Å². The molecule has 2 aromatic carbocycles. The van der Waals surface area contributed by atoms with E-state index in [-0.39, 0.29) is 28.1 Å². The van der Waals surface area contributed by atoms with Crippen molar-refractivity contribution in [3.05, 3.63) is 59.0 Å². The van der Waals surface area contributed by atoms with Crippen molar-refractivity contribution in [1.29, 1.82) is 0 Å². The van der Waals surface area contributed by atoms with Crippen LogP contribution >= 0.6 is 11.6 Å². The molecule has 1 aromatic heterocycles. The van der Waals surface area contributed by atoms with Crippen LogP contribution in [0.4, 0.5) is 16.0 Å². The first kappa shape index (κ1) is 17.3. The van der Waals surface area contributed by atoms with Crippen molar-refractivity contribution in [3.63, 3.8) is 0 Å². The summed E-state index contributed by atoms with van der Waals surface area (Å²) in [6, 6.07) is 10.9. The van der Waals surface area contributed by atoms with Gasteiger partial charge in [0.25, 0.3) is 0 Å². The first-order valence-corrected chi connectivity index (χ1v) is 9.04. The van der Waals surface area contributed by atoms with Gasteiger partial charge in [0.2, 0.25) is 11.8 Å². The highest BCUT2D eigenvalue weighted by molar-refractivity contribution is 7.84. The second-order valence-corrected chi connectivity index (χ2v) is 6.84. The van der Waals surface area contributed by atoms with Crippen molar-refractivity contribution in [2.75, 3.05) is 11.6 Å². The predicted molar refractivity (Wildman–Crippen MR) is 94.4 cm³/mol. The van der Waals surface area contributed by atoms with E-state index < -0.39 is 16.6 Å². The lowest BCUT2D eigenvalue weighted by molar-refractivity contribution is 0.112. The summed E-state index contributed by atoms with van der Waals surface area (Å²) in [6.45, 7) is 0. The lowest BCUT2D eigenvalue weighted by Crippen LogP contribution is -1.94. The molecule has 128 valence electrons. The number of carbonyl (C=O) groups excluding carboxylic acids is 1. The second kappa shape index (κ2) is 7.16. The van der Waals surface area contributed by atoms with Crippen molar-refractivity contribution in [3.8, 4) is 11.5 Å². The van der Waals surface area contributed by atoms with Crippen LogP contribution in [0.25, 0.3) is 11.5 Å². The minimum atomic E-state index is -1.09. The average Bonchev–Trinajstić information content (AvgIpc) is 2.97. The zero-order valence-electron chi connectivity index (χ0n) is 13.0. The Kier molecular flexibility index (Phi) is 4.96. The summed E-state index contributed by atoms with van der Waals surface area (Å²) >= 11 is 6.00. The van der Waals surface area contributed by atoms with Crippen LogP contribution in [0.1, 0.15) is 10.5 Å². The van der Waals surface area contributed by atoms with Crippen LogP contribution in [0, 0.1) is 5.82 Å². The topological polar surface area (TPSA) is 72.2 Å². The van der Waals surface area contributed by atoms with Gasteiger partial charge in [-0.25, -0.2) is 9.37 Å². The Hall–Kier alpha value is -2.51. The van der Waals surface area contributed by atoms with Gasteiger partial charge in [0.1, 0.15) is 5.82 Å². The molecule has 1 heterocycles. The number of halogens is 2. The Balaban J connectivity index is 1.96. The minimum Gasteiger partial charge on any atom is -0.419 e. The summed E-state index contributed by atoms with van der Waals surface area (Å²) in [7, 11) is -1.09. The Morgan fingerprint density at radius 2 is 1.96 bits per heavy atom. The van der Waals surface area contributed by atoms with E-state index >= 15 is 0 Å². The summed E-state index contributed by atoms with van der Waals surface area (Å²) in [5, 5.41) is 3.02. The normalized spacial score (nSPS) is 12.0. The first-order chi connectivity index (χ1) is 12.0. The van der Waals surface area contributed by atoms with Crippen molar-refractivity contribution < 1.29 is 17.8 Å². The van der Waals surface area contributed by atoms with Gasteiger partial charge in [0.15, 0.2) is 12.0 Å². The van der Waals surface area contributed by atoms with Crippen LogP contribution in [0.5, 0.6) is 0 Å². The van der Waals surface area contributed by atoms with Gasteiger partial charge in [-0.15, -0.1) is 0 Å². The zero-order chi connectivity index (χ0) is 18.0. The van der Waals surface area contributed by atoms with Gasteiger partial charge < -0.3 is 9.73 Å². The molecule has 1 N–H and O–H groups in total. The van der Waals surface area contributed by atoms with Crippen LogP contribution in [-0.4, -0.2) is 21.7 Å². The highest BCUT2D eigenvalue weighted by Crippen LogP contribution is 2.33. The molecule has 0 aliphatic heterocycles. The highest BCUT2D eigenvalue weighted by Gasteiger charge is 2.19. The highest BCUT2D eigenvalue weighted by atomic mass is 35.5. The number of carbonyl (C=O) groups is 1. The lowest BCUT2D eigenvalue weighted by atomic mass is 10.2. The number of benzene rings is 2. The van der Waals surface area contributed by atoms with E-state index in [0.29, 0.717) is 16.9 Å². The Labute approximate surface area is 150 Å². The Bertz CT molecular complexity index is 937. The molecule has 0 aliphatic carbocycles. The smallest absolute Gasteiger partial charge is 0.233 e. The number of rotatable bonds is 5. The molecule has 3 rings (SSSR count). The summed E-state index contributed by atoms with van der Waals surface area (Å²) in [6.07, 6.45) is 2.08. The number of anilines is 2. The molecule has 0 aliphatic rings. The van der Waals surface area contributed by atoms with Crippen molar-refractivity contribution >= 4 is 40.3 Å². The molecule has 0 saturated heterocycles. The van der Waals surface area contributed by atoms with Gasteiger partial charge in [-0.1, -0.05) is 17.7 Å². The lowest BCUT2D eigenvalue weighted by Gasteiger charge is -2.04. The van der Waals surface area contributed by atoms with Gasteiger partial charge in [-0.3, -0.25) is 9.00 Å². The summed E-state index contributed by atoms with van der Waals surface area (Å²) in [4.78, 5) is 15.9. The van der Waals surface area contributed by atoms with Gasteiger partial charge in [-0.2, -0.15) is 0 Å². The molecule has 1 unspecified atom stereocenters. The first-order valence-electron chi connectivity index (χ1n) is 7.10. The zero-order valence-corrected chi connectivity index (χ0v) is 14.5. The molecular formula is C17H12ClFN2O3S.